The number of carboxylic acid groups (broad SMARTS) is 1. The van der Waals surface area contributed by atoms with Gasteiger partial charge in [-0.25, -0.2) is 0 Å². The SMILES string of the molecule is CC[C@@H](Oc1cc2sc(=O)n(CCC(=O)O)c2cc1Cl)c1ccc(C)cn1. The summed E-state index contributed by atoms with van der Waals surface area (Å²) < 4.78 is 8.22. The third-order valence-electron chi connectivity index (χ3n) is 4.18. The second kappa shape index (κ2) is 8.10. The normalized spacial score (nSPS) is 12.3. The number of aliphatic carboxylic acids is 1. The fourth-order valence-electron chi connectivity index (χ4n) is 2.75. The predicted molar refractivity (Wildman–Crippen MR) is 106 cm³/mol. The van der Waals surface area contributed by atoms with Gasteiger partial charge in [0.05, 0.1) is 27.4 Å². The molecule has 0 amide bonds. The number of aryl methyl sites for hydroxylation is 2. The molecule has 6 nitrogen and oxygen atoms in total. The van der Waals surface area contributed by atoms with Crippen molar-refractivity contribution in [2.45, 2.75) is 39.3 Å². The molecule has 8 heteroatoms. The number of pyridine rings is 1. The van der Waals surface area contributed by atoms with Crippen LogP contribution in [0.1, 0.15) is 37.1 Å². The summed E-state index contributed by atoms with van der Waals surface area (Å²) in [6.45, 7) is 4.08. The molecule has 3 rings (SSSR count). The largest absolute Gasteiger partial charge is 0.483 e. The third-order valence-corrected chi connectivity index (χ3v) is 5.41. The number of rotatable bonds is 7. The molecule has 27 heavy (non-hydrogen) atoms. The van der Waals surface area contributed by atoms with Crippen LogP contribution >= 0.6 is 22.9 Å². The van der Waals surface area contributed by atoms with Crippen molar-refractivity contribution < 1.29 is 14.6 Å². The summed E-state index contributed by atoms with van der Waals surface area (Å²) in [5.74, 6) is -0.478. The number of hydrogen-bond acceptors (Lipinski definition) is 5. The van der Waals surface area contributed by atoms with Gasteiger partial charge in [0.25, 0.3) is 0 Å². The van der Waals surface area contributed by atoms with Crippen LogP contribution < -0.4 is 9.61 Å². The Morgan fingerprint density at radius 1 is 1.41 bits per heavy atom. The highest BCUT2D eigenvalue weighted by atomic mass is 35.5. The zero-order valence-corrected chi connectivity index (χ0v) is 16.5. The lowest BCUT2D eigenvalue weighted by Gasteiger charge is -2.18. The lowest BCUT2D eigenvalue weighted by Crippen LogP contribution is -2.15. The average molecular weight is 407 g/mol. The first kappa shape index (κ1) is 19.4. The highest BCUT2D eigenvalue weighted by molar-refractivity contribution is 7.16. The molecule has 0 fully saturated rings. The van der Waals surface area contributed by atoms with Gasteiger partial charge in [0.1, 0.15) is 11.9 Å². The highest BCUT2D eigenvalue weighted by Gasteiger charge is 2.17. The monoisotopic (exact) mass is 406 g/mol. The Morgan fingerprint density at radius 3 is 2.81 bits per heavy atom. The van der Waals surface area contributed by atoms with Gasteiger partial charge in [0.15, 0.2) is 0 Å². The number of aromatic nitrogens is 2. The van der Waals surface area contributed by atoms with E-state index in [2.05, 4.69) is 4.98 Å². The Bertz CT molecular complexity index is 1030. The molecule has 0 saturated carbocycles. The van der Waals surface area contributed by atoms with Gasteiger partial charge >= 0.3 is 10.8 Å². The number of benzene rings is 1. The van der Waals surface area contributed by atoms with E-state index in [-0.39, 0.29) is 23.9 Å². The first-order valence-corrected chi connectivity index (χ1v) is 9.72. The van der Waals surface area contributed by atoms with Crippen LogP contribution in [0.25, 0.3) is 10.2 Å². The van der Waals surface area contributed by atoms with Gasteiger partial charge in [-0.2, -0.15) is 0 Å². The van der Waals surface area contributed by atoms with E-state index in [4.69, 9.17) is 21.4 Å². The number of thiazole rings is 1. The number of carboxylic acids is 1. The minimum Gasteiger partial charge on any atom is -0.483 e. The number of halogens is 1. The van der Waals surface area contributed by atoms with E-state index in [1.807, 2.05) is 26.0 Å². The van der Waals surface area contributed by atoms with E-state index < -0.39 is 5.97 Å². The molecule has 1 aromatic carbocycles. The predicted octanol–water partition coefficient (Wildman–Crippen LogP) is 4.42. The Kier molecular flexibility index (Phi) is 5.82. The summed E-state index contributed by atoms with van der Waals surface area (Å²) in [6.07, 6.45) is 2.12. The van der Waals surface area contributed by atoms with Crippen LogP contribution in [-0.4, -0.2) is 20.6 Å². The molecule has 1 atom stereocenters. The Hall–Kier alpha value is -2.38. The summed E-state index contributed by atoms with van der Waals surface area (Å²) in [4.78, 5) is 27.2. The fourth-order valence-corrected chi connectivity index (χ4v) is 3.88. The van der Waals surface area contributed by atoms with Crippen molar-refractivity contribution in [3.8, 4) is 5.75 Å². The molecule has 3 aromatic rings. The fraction of sp³-hybridized carbons (Fsp3) is 0.316. The molecule has 2 heterocycles. The van der Waals surface area contributed by atoms with Crippen LogP contribution in [-0.2, 0) is 11.3 Å². The molecule has 0 aliphatic carbocycles. The highest BCUT2D eigenvalue weighted by Crippen LogP contribution is 2.35. The number of carbonyl (C=O) groups is 1. The molecule has 142 valence electrons. The van der Waals surface area contributed by atoms with Crippen molar-refractivity contribution in [2.24, 2.45) is 0 Å². The van der Waals surface area contributed by atoms with Gasteiger partial charge in [0.2, 0.25) is 0 Å². The Labute approximate surface area is 165 Å². The molecule has 0 unspecified atom stereocenters. The van der Waals surface area contributed by atoms with E-state index in [9.17, 15) is 9.59 Å². The van der Waals surface area contributed by atoms with Crippen molar-refractivity contribution in [3.63, 3.8) is 0 Å². The number of nitrogens with zero attached hydrogens (tertiary/aromatic N) is 2. The summed E-state index contributed by atoms with van der Waals surface area (Å²) in [6, 6.07) is 7.29. The van der Waals surface area contributed by atoms with Crippen molar-refractivity contribution >= 4 is 39.1 Å². The first-order valence-electron chi connectivity index (χ1n) is 8.53. The summed E-state index contributed by atoms with van der Waals surface area (Å²) in [5, 5.41) is 9.23. The van der Waals surface area contributed by atoms with Crippen LogP contribution in [0, 0.1) is 6.92 Å². The third kappa shape index (κ3) is 4.31. The molecule has 0 aliphatic heterocycles. The second-order valence-electron chi connectivity index (χ2n) is 6.19. The second-order valence-corrected chi connectivity index (χ2v) is 7.59. The zero-order chi connectivity index (χ0) is 19.6. The maximum atomic E-state index is 12.2. The van der Waals surface area contributed by atoms with Crippen molar-refractivity contribution in [1.29, 1.82) is 0 Å². The lowest BCUT2D eigenvalue weighted by molar-refractivity contribution is -0.137. The van der Waals surface area contributed by atoms with E-state index in [1.165, 1.54) is 4.57 Å². The van der Waals surface area contributed by atoms with E-state index in [0.29, 0.717) is 27.4 Å². The van der Waals surface area contributed by atoms with Gasteiger partial charge in [-0.3, -0.25) is 19.1 Å². The Balaban J connectivity index is 1.93. The smallest absolute Gasteiger partial charge is 0.308 e. The quantitative estimate of drug-likeness (QED) is 0.627. The number of ether oxygens (including phenoxy) is 1. The molecule has 0 saturated heterocycles. The van der Waals surface area contributed by atoms with E-state index >= 15 is 0 Å². The minimum atomic E-state index is -0.955. The van der Waals surface area contributed by atoms with Crippen LogP contribution in [0.2, 0.25) is 5.02 Å². The summed E-state index contributed by atoms with van der Waals surface area (Å²) >= 11 is 7.43. The van der Waals surface area contributed by atoms with Crippen LogP contribution in [0.4, 0.5) is 0 Å². The van der Waals surface area contributed by atoms with Gasteiger partial charge in [-0.15, -0.1) is 0 Å². The minimum absolute atomic E-state index is 0.107. The number of fused-ring (bicyclic) bond motifs is 1. The summed E-state index contributed by atoms with van der Waals surface area (Å²) in [5.41, 5.74) is 2.50. The Morgan fingerprint density at radius 2 is 2.19 bits per heavy atom. The molecule has 0 bridgehead atoms. The maximum Gasteiger partial charge on any atom is 0.308 e. The van der Waals surface area contributed by atoms with Crippen molar-refractivity contribution in [1.82, 2.24) is 9.55 Å². The molecular weight excluding hydrogens is 388 g/mol. The average Bonchev–Trinajstić information content (AvgIpc) is 2.93. The topological polar surface area (TPSA) is 81.4 Å². The van der Waals surface area contributed by atoms with E-state index in [0.717, 1.165) is 22.6 Å². The molecule has 1 N–H and O–H groups in total. The van der Waals surface area contributed by atoms with Gasteiger partial charge in [0, 0.05) is 18.8 Å². The maximum absolute atomic E-state index is 12.2. The lowest BCUT2D eigenvalue weighted by atomic mass is 10.1. The van der Waals surface area contributed by atoms with Gasteiger partial charge < -0.3 is 9.84 Å². The first-order chi connectivity index (χ1) is 12.9. The standard InChI is InChI=1S/C19H19ClN2O4S/c1-3-15(13-5-4-11(2)10-21-13)26-16-9-17-14(8-12(16)20)22(19(25)27-17)7-6-18(23)24/h4-5,8-10,15H,3,6-7H2,1-2H3,(H,23,24)/t15-/m1/s1. The van der Waals surface area contributed by atoms with Crippen LogP contribution in [0.5, 0.6) is 5.75 Å². The van der Waals surface area contributed by atoms with Crippen LogP contribution in [0.3, 0.4) is 0 Å². The summed E-state index contributed by atoms with van der Waals surface area (Å²) in [7, 11) is 0. The van der Waals surface area contributed by atoms with Crippen molar-refractivity contribution in [2.75, 3.05) is 0 Å². The van der Waals surface area contributed by atoms with Gasteiger partial charge in [-0.1, -0.05) is 35.9 Å². The zero-order valence-electron chi connectivity index (χ0n) is 14.9. The molecule has 0 radical (unpaired) electrons. The van der Waals surface area contributed by atoms with Gasteiger partial charge in [-0.05, 0) is 31.0 Å². The van der Waals surface area contributed by atoms with E-state index in [1.54, 1.807) is 18.3 Å². The molecule has 0 spiro atoms. The van der Waals surface area contributed by atoms with Crippen molar-refractivity contribution in [3.05, 3.63) is 56.4 Å². The molecular formula is C19H19ClN2O4S. The number of hydrogen-bond donors (Lipinski definition) is 1. The van der Waals surface area contributed by atoms with Crippen LogP contribution in [0.15, 0.2) is 35.3 Å². The molecule has 0 aliphatic rings. The molecule has 2 aromatic heterocycles.